The molecule has 6 nitrogen and oxygen atoms in total. The third-order valence-electron chi connectivity index (χ3n) is 12.2. The van der Waals surface area contributed by atoms with E-state index in [-0.39, 0.29) is 36.4 Å². The Bertz CT molecular complexity index is 1730. The molecule has 1 aliphatic heterocycles. The molecule has 0 radical (unpaired) electrons. The molecule has 7 rings (SSSR count). The summed E-state index contributed by atoms with van der Waals surface area (Å²) in [6, 6.07) is 15.7. The Kier molecular flexibility index (Phi) is 8.16. The highest BCUT2D eigenvalue weighted by atomic mass is 19.4. The van der Waals surface area contributed by atoms with Gasteiger partial charge in [-0.1, -0.05) is 42.8 Å². The molecule has 2 aromatic carbocycles. The molecule has 49 heavy (non-hydrogen) atoms. The van der Waals surface area contributed by atoms with E-state index in [1.54, 1.807) is 64.4 Å². The minimum absolute atomic E-state index is 0.0168. The van der Waals surface area contributed by atoms with Crippen molar-refractivity contribution in [1.29, 1.82) is 0 Å². The second kappa shape index (κ2) is 11.9. The van der Waals surface area contributed by atoms with Crippen LogP contribution >= 0.6 is 0 Å². The number of carbonyl (C=O) groups is 3. The number of rotatable bonds is 4. The van der Waals surface area contributed by atoms with Crippen LogP contribution in [0, 0.1) is 17.3 Å². The molecule has 4 aliphatic carbocycles. The predicted molar refractivity (Wildman–Crippen MR) is 171 cm³/mol. The number of hydrogen-bond acceptors (Lipinski definition) is 4. The Labute approximate surface area is 281 Å². The topological polar surface area (TPSA) is 77.9 Å². The average Bonchev–Trinajstić information content (AvgIpc) is 3.38. The Hall–Kier alpha value is -3.86. The van der Waals surface area contributed by atoms with Crippen molar-refractivity contribution in [3.8, 4) is 0 Å². The van der Waals surface area contributed by atoms with Crippen LogP contribution in [-0.4, -0.2) is 76.4 Å². The number of halogens is 5. The zero-order chi connectivity index (χ0) is 34.9. The molecule has 1 N–H and O–H groups in total. The van der Waals surface area contributed by atoms with E-state index in [1.165, 1.54) is 6.92 Å². The normalized spacial score (nSPS) is 30.4. The molecule has 0 bridgehead atoms. The van der Waals surface area contributed by atoms with Crippen molar-refractivity contribution < 1.29 is 41.4 Å². The smallest absolute Gasteiger partial charge is 0.383 e. The van der Waals surface area contributed by atoms with Crippen LogP contribution in [0.3, 0.4) is 0 Å². The van der Waals surface area contributed by atoms with E-state index in [9.17, 15) is 32.7 Å². The summed E-state index contributed by atoms with van der Waals surface area (Å²) in [5.41, 5.74) is -0.509. The van der Waals surface area contributed by atoms with Crippen LogP contribution in [0.5, 0.6) is 0 Å². The maximum absolute atomic E-state index is 15.3. The maximum Gasteiger partial charge on any atom is 0.456 e. The summed E-state index contributed by atoms with van der Waals surface area (Å²) in [7, 11) is 0. The van der Waals surface area contributed by atoms with E-state index in [0.717, 1.165) is 16.7 Å². The second-order valence-corrected chi connectivity index (χ2v) is 14.5. The molecule has 5 atom stereocenters. The third-order valence-corrected chi connectivity index (χ3v) is 12.2. The van der Waals surface area contributed by atoms with Crippen molar-refractivity contribution in [2.75, 3.05) is 26.2 Å². The highest BCUT2D eigenvalue weighted by Gasteiger charge is 2.79. The standard InChI is InChI=1S/C38H39F5N2O4/c1-35-22-30(23-7-9-25(10-8-23)34(48)45-19-17-44(18-20-45)33(47)24-5-3-2-4-6-24)32-28-14-12-27(46)21-26(28)11-13-29(32)31(35)15-16-36(35,49)37(39,40)38(41,42)43/h2-10,21,29-31,49H,11-20,22H2,1H3/t29-,30+,31-,35-,36-/m0/s1. The van der Waals surface area contributed by atoms with Gasteiger partial charge in [0, 0.05) is 55.1 Å². The first-order chi connectivity index (χ1) is 23.2. The molecule has 5 aliphatic rings. The number of amides is 2. The molecule has 0 unspecified atom stereocenters. The molecule has 0 aromatic heterocycles. The molecule has 2 amide bonds. The van der Waals surface area contributed by atoms with Gasteiger partial charge < -0.3 is 14.9 Å². The summed E-state index contributed by atoms with van der Waals surface area (Å²) in [4.78, 5) is 42.1. The van der Waals surface area contributed by atoms with Crippen molar-refractivity contribution in [2.45, 2.75) is 75.5 Å². The van der Waals surface area contributed by atoms with Crippen molar-refractivity contribution >= 4 is 17.6 Å². The van der Waals surface area contributed by atoms with Crippen LogP contribution in [-0.2, 0) is 4.79 Å². The van der Waals surface area contributed by atoms with Crippen LogP contribution in [0.2, 0.25) is 0 Å². The zero-order valence-corrected chi connectivity index (χ0v) is 27.2. The number of benzene rings is 2. The number of piperazine rings is 1. The van der Waals surface area contributed by atoms with Crippen molar-refractivity contribution in [1.82, 2.24) is 9.80 Å². The monoisotopic (exact) mass is 682 g/mol. The van der Waals surface area contributed by atoms with Gasteiger partial charge in [-0.25, -0.2) is 0 Å². The van der Waals surface area contributed by atoms with E-state index < -0.39 is 41.4 Å². The fraction of sp³-hybridized carbons (Fsp3) is 0.500. The number of carbonyl (C=O) groups excluding carboxylic acids is 3. The van der Waals surface area contributed by atoms with Crippen LogP contribution < -0.4 is 0 Å². The molecule has 1 heterocycles. The Morgan fingerprint density at radius 1 is 0.816 bits per heavy atom. The molecule has 260 valence electrons. The van der Waals surface area contributed by atoms with E-state index in [4.69, 9.17) is 0 Å². The van der Waals surface area contributed by atoms with Crippen LogP contribution in [0.1, 0.15) is 84.1 Å². The van der Waals surface area contributed by atoms with Gasteiger partial charge in [0.25, 0.3) is 11.8 Å². The van der Waals surface area contributed by atoms with Crippen LogP contribution in [0.15, 0.2) is 77.4 Å². The lowest BCUT2D eigenvalue weighted by Gasteiger charge is -2.56. The summed E-state index contributed by atoms with van der Waals surface area (Å²) < 4.78 is 72.2. The first kappa shape index (κ1) is 33.6. The Morgan fingerprint density at radius 2 is 1.41 bits per heavy atom. The second-order valence-electron chi connectivity index (χ2n) is 14.5. The number of alkyl halides is 5. The number of hydrogen-bond donors (Lipinski definition) is 1. The molecule has 0 spiro atoms. The Balaban J connectivity index is 1.18. The van der Waals surface area contributed by atoms with E-state index >= 15 is 8.78 Å². The quantitative estimate of drug-likeness (QED) is 0.349. The largest absolute Gasteiger partial charge is 0.456 e. The van der Waals surface area contributed by atoms with E-state index in [1.807, 2.05) is 6.07 Å². The number of fused-ring (bicyclic) bond motifs is 4. The summed E-state index contributed by atoms with van der Waals surface area (Å²) in [6.45, 7) is 2.84. The Morgan fingerprint density at radius 3 is 2.00 bits per heavy atom. The number of nitrogens with zero attached hydrogens (tertiary/aromatic N) is 2. The number of ketones is 1. The summed E-state index contributed by atoms with van der Waals surface area (Å²) >= 11 is 0. The van der Waals surface area contributed by atoms with E-state index in [2.05, 4.69) is 0 Å². The van der Waals surface area contributed by atoms with Gasteiger partial charge in [0.05, 0.1) is 0 Å². The SMILES string of the molecule is C[C@]12C[C@H](c3ccc(C(=O)N4CCN(C(=O)c5ccccc5)CC4)cc3)C3=C4CCC(=O)C=C4CC[C@H]3[C@@H]1CC[C@@]2(O)C(F)(F)C(F)(F)F. The molecule has 11 heteroatoms. The highest BCUT2D eigenvalue weighted by Crippen LogP contribution is 2.70. The molecule has 2 aromatic rings. The van der Waals surface area contributed by atoms with Gasteiger partial charge in [-0.2, -0.15) is 22.0 Å². The average molecular weight is 683 g/mol. The minimum Gasteiger partial charge on any atom is -0.383 e. The number of aliphatic hydroxyl groups is 1. The van der Waals surface area contributed by atoms with E-state index in [0.29, 0.717) is 68.6 Å². The highest BCUT2D eigenvalue weighted by molar-refractivity contribution is 5.96. The fourth-order valence-corrected chi connectivity index (χ4v) is 9.63. The van der Waals surface area contributed by atoms with Crippen LogP contribution in [0.4, 0.5) is 22.0 Å². The van der Waals surface area contributed by atoms with Gasteiger partial charge in [-0.3, -0.25) is 14.4 Å². The van der Waals surface area contributed by atoms with Gasteiger partial charge in [-0.15, -0.1) is 0 Å². The molecular formula is C38H39F5N2O4. The summed E-state index contributed by atoms with van der Waals surface area (Å²) in [6.07, 6.45) is -3.20. The van der Waals surface area contributed by atoms with Crippen molar-refractivity contribution in [3.05, 3.63) is 94.1 Å². The van der Waals surface area contributed by atoms with Crippen molar-refractivity contribution in [3.63, 3.8) is 0 Å². The lowest BCUT2D eigenvalue weighted by Crippen LogP contribution is -2.65. The van der Waals surface area contributed by atoms with Gasteiger partial charge in [-0.05, 0) is 97.4 Å². The van der Waals surface area contributed by atoms with Gasteiger partial charge in [0.2, 0.25) is 0 Å². The maximum atomic E-state index is 15.3. The zero-order valence-electron chi connectivity index (χ0n) is 27.2. The lowest BCUT2D eigenvalue weighted by molar-refractivity contribution is -0.362. The van der Waals surface area contributed by atoms with Gasteiger partial charge >= 0.3 is 12.1 Å². The number of allylic oxidation sites excluding steroid dienone is 4. The van der Waals surface area contributed by atoms with Crippen molar-refractivity contribution in [2.24, 2.45) is 17.3 Å². The third kappa shape index (κ3) is 5.25. The van der Waals surface area contributed by atoms with Crippen LogP contribution in [0.25, 0.3) is 0 Å². The fourth-order valence-electron chi connectivity index (χ4n) is 9.63. The molecule has 2 saturated carbocycles. The minimum atomic E-state index is -5.91. The lowest BCUT2D eigenvalue weighted by atomic mass is 9.50. The first-order valence-corrected chi connectivity index (χ1v) is 17.0. The summed E-state index contributed by atoms with van der Waals surface area (Å²) in [5, 5.41) is 11.5. The summed E-state index contributed by atoms with van der Waals surface area (Å²) in [5.74, 6) is -7.10. The van der Waals surface area contributed by atoms with Gasteiger partial charge in [0.15, 0.2) is 5.78 Å². The first-order valence-electron chi connectivity index (χ1n) is 17.0. The van der Waals surface area contributed by atoms with Gasteiger partial charge in [0.1, 0.15) is 5.60 Å². The molecule has 3 fully saturated rings. The molecular weight excluding hydrogens is 643 g/mol. The molecule has 1 saturated heterocycles. The predicted octanol–water partition coefficient (Wildman–Crippen LogP) is 7.11.